The van der Waals surface area contributed by atoms with E-state index >= 15 is 0 Å². The van der Waals surface area contributed by atoms with E-state index in [1.54, 1.807) is 148 Å². The molecule has 6 aromatic rings. The van der Waals surface area contributed by atoms with Crippen molar-refractivity contribution in [3.8, 4) is 0 Å². The number of carboxylic acids is 1. The minimum atomic E-state index is -2.11. The molecule has 0 spiro atoms. The largest absolute Gasteiger partial charge is 1.00 e. The topological polar surface area (TPSA) is 270 Å². The van der Waals surface area contributed by atoms with Crippen molar-refractivity contribution in [1.82, 2.24) is 0 Å². The summed E-state index contributed by atoms with van der Waals surface area (Å²) >= 11 is 0. The Kier molecular flexibility index (Phi) is 81.4. The summed E-state index contributed by atoms with van der Waals surface area (Å²) in [6, 6.07) is 63.1. The minimum Gasteiger partial charge on any atom is -0.870 e. The Morgan fingerprint density at radius 3 is 0.837 bits per heavy atom. The van der Waals surface area contributed by atoms with E-state index in [2.05, 4.69) is 115 Å². The van der Waals surface area contributed by atoms with Crippen LogP contribution < -0.4 is 96.0 Å². The molecule has 6 rings (SSSR count). The van der Waals surface area contributed by atoms with Gasteiger partial charge in [0.15, 0.2) is 11.9 Å². The van der Waals surface area contributed by atoms with Crippen LogP contribution in [-0.4, -0.2) is 119 Å². The molecule has 0 amide bonds. The number of ketones is 1. The number of aliphatic carboxylic acids is 1. The van der Waals surface area contributed by atoms with Crippen LogP contribution in [0.5, 0.6) is 0 Å². The number of carboxylic acid groups (broad SMARTS) is 1. The van der Waals surface area contributed by atoms with E-state index in [0.717, 1.165) is 59.0 Å². The molecule has 0 saturated heterocycles. The molecule has 0 radical (unpaired) electrons. The molecule has 0 saturated carbocycles. The number of hydrogen-bond donors (Lipinski definition) is 0. The van der Waals surface area contributed by atoms with E-state index in [4.69, 9.17) is 23.7 Å². The van der Waals surface area contributed by atoms with Crippen LogP contribution in [0.15, 0.2) is 431 Å². The third-order valence-electron chi connectivity index (χ3n) is 17.8. The summed E-state index contributed by atoms with van der Waals surface area (Å²) in [5.74, 6) is -2.26. The number of carbonyl (C=O) groups excluding carboxylic acids is 10. The first kappa shape index (κ1) is 133. The predicted molar refractivity (Wildman–Crippen MR) is 562 cm³/mol. The van der Waals surface area contributed by atoms with Gasteiger partial charge in [0.2, 0.25) is 0 Å². The molecule has 0 aliphatic carbocycles. The molecule has 0 atom stereocenters. The maximum absolute atomic E-state index is 12.6. The van der Waals surface area contributed by atoms with Crippen LogP contribution >= 0.6 is 48.5 Å². The second-order valence-electron chi connectivity index (χ2n) is 28.6. The van der Waals surface area contributed by atoms with E-state index in [-0.39, 0.29) is 135 Å². The predicted octanol–water partition coefficient (Wildman–Crippen LogP) is 15.2. The van der Waals surface area contributed by atoms with Crippen molar-refractivity contribution >= 4 is 141 Å². The van der Waals surface area contributed by atoms with Crippen molar-refractivity contribution < 1.29 is 141 Å². The van der Waals surface area contributed by atoms with E-state index in [9.17, 15) is 53.1 Å². The molecule has 0 aliphatic heterocycles. The van der Waals surface area contributed by atoms with Crippen LogP contribution in [0.1, 0.15) is 111 Å². The number of allylic oxidation sites excluding steroid dienone is 37. The summed E-state index contributed by atoms with van der Waals surface area (Å²) in [5, 5.41) is 17.7. The zero-order valence-corrected chi connectivity index (χ0v) is 90.7. The molecule has 0 unspecified atom stereocenters. The summed E-state index contributed by atoms with van der Waals surface area (Å²) in [6.45, 7) is 30.6. The molecule has 135 heavy (non-hydrogen) atoms. The first-order valence-corrected chi connectivity index (χ1v) is 46.4. The smallest absolute Gasteiger partial charge is 0.870 e. The number of carbonyl (C=O) groups is 9. The van der Waals surface area contributed by atoms with Crippen molar-refractivity contribution in [2.75, 3.05) is 52.5 Å². The molecule has 23 heteroatoms. The second-order valence-corrected chi connectivity index (χ2v) is 35.6. The number of halogens is 2. The molecular weight excluding hydrogens is 1880 g/mol. The average Bonchev–Trinajstić information content (AvgIpc) is 0.762. The summed E-state index contributed by atoms with van der Waals surface area (Å²) in [7, 11) is -2.57. The number of aldehydes is 3. The minimum absolute atomic E-state index is 0. The number of rotatable bonds is 41. The Balaban J connectivity index is -0.000000504. The molecule has 0 aromatic heterocycles. The maximum Gasteiger partial charge on any atom is 1.00 e. The van der Waals surface area contributed by atoms with Gasteiger partial charge >= 0.3 is 83.0 Å². The zero-order valence-electron chi connectivity index (χ0n) is 81.5. The van der Waals surface area contributed by atoms with Gasteiger partial charge in [0, 0.05) is 23.8 Å². The summed E-state index contributed by atoms with van der Waals surface area (Å²) in [5.41, 5.74) is 9.20. The van der Waals surface area contributed by atoms with Gasteiger partial charge in [0.05, 0.1) is 38.6 Å². The third-order valence-corrected chi connectivity index (χ3v) is 26.3. The molecule has 6 aromatic carbocycles. The molecular formula is C112H131Br2Na2O17P2+. The molecule has 706 valence electrons. The van der Waals surface area contributed by atoms with Gasteiger partial charge in [-0.1, -0.05) is 296 Å². The van der Waals surface area contributed by atoms with Crippen LogP contribution in [0.25, 0.3) is 0 Å². The number of methoxy groups -OCH3 is 1. The Labute approximate surface area is 868 Å². The Hall–Kier alpha value is -10.7. The average molecular weight is 2020 g/mol. The molecule has 0 aliphatic rings. The molecule has 0 bridgehead atoms. The van der Waals surface area contributed by atoms with E-state index < -0.39 is 20.5 Å². The first-order chi connectivity index (χ1) is 62.5. The van der Waals surface area contributed by atoms with Gasteiger partial charge < -0.3 is 43.9 Å². The second kappa shape index (κ2) is 82.7. The summed E-state index contributed by atoms with van der Waals surface area (Å²) < 4.78 is 25.1. The van der Waals surface area contributed by atoms with Crippen molar-refractivity contribution in [1.29, 1.82) is 0 Å². The van der Waals surface area contributed by atoms with Crippen LogP contribution in [0.3, 0.4) is 0 Å². The number of benzene rings is 6. The maximum atomic E-state index is 12.6. The fraction of sp³-hybridized carbons (Fsp3) is 0.214. The normalized spacial score (nSPS) is 12.6. The summed E-state index contributed by atoms with van der Waals surface area (Å²) in [4.78, 5) is 110. The van der Waals surface area contributed by atoms with Gasteiger partial charge in [-0.05, 0) is 218 Å². The van der Waals surface area contributed by atoms with Gasteiger partial charge in [0.25, 0.3) is 0 Å². The van der Waals surface area contributed by atoms with E-state index in [0.29, 0.717) is 71.6 Å². The fourth-order valence-corrected chi connectivity index (χ4v) is 19.0. The molecule has 1 N–H and O–H groups in total. The van der Waals surface area contributed by atoms with E-state index in [1.807, 2.05) is 200 Å². The van der Waals surface area contributed by atoms with Crippen LogP contribution in [0.2, 0.25) is 0 Å². The van der Waals surface area contributed by atoms with Gasteiger partial charge in [-0.25, -0.2) is 25.3 Å². The van der Waals surface area contributed by atoms with Crippen molar-refractivity contribution in [2.24, 2.45) is 0 Å². The van der Waals surface area contributed by atoms with Gasteiger partial charge in [-0.3, -0.25) is 19.2 Å². The molecule has 0 heterocycles. The van der Waals surface area contributed by atoms with Crippen molar-refractivity contribution in [3.63, 3.8) is 0 Å². The number of ether oxygens (including phenoxy) is 5. The van der Waals surface area contributed by atoms with Crippen LogP contribution in [0, 0.1) is 0 Å². The first-order valence-electron chi connectivity index (χ1n) is 42.4. The van der Waals surface area contributed by atoms with Crippen LogP contribution in [-0.2, 0) is 71.6 Å². The van der Waals surface area contributed by atoms with E-state index in [1.165, 1.54) is 51.1 Å². The Morgan fingerprint density at radius 1 is 0.326 bits per heavy atom. The zero-order chi connectivity index (χ0) is 96.6. The van der Waals surface area contributed by atoms with Crippen LogP contribution in [0.4, 0.5) is 0 Å². The third kappa shape index (κ3) is 59.0. The SMILES string of the molecule is Br.Br.CCOC(=O)/C(C)=C/C=C/C(C)=C/C=C/C=C(C)/C=C/C(=O)COC.CCOC(=O)/C(C)=C/C=C/C(C)=C/C=C/C=C(\C)C=O.CCOC(=O)/C(C)=C/C[P+](c1ccccc1)(c1ccccc1)c1ccccc1.CCOC(=O)C[P+](c1ccccc1)(c1ccccc1)c1ccccc1.C\C(C=O)=C/C=C/C=C(\C)C=O.C\C([C-]=O)=C/C=C/C(C)=C/C=C/C=C(C)/C=C/C(=O)[O-].[Na+].[Na+].[OH-]. The Morgan fingerprint density at radius 2 is 0.578 bits per heavy atom. The van der Waals surface area contributed by atoms with Gasteiger partial charge in [0.1, 0.15) is 71.8 Å². The monoisotopic (exact) mass is 2010 g/mol. The van der Waals surface area contributed by atoms with Crippen molar-refractivity contribution in [3.05, 3.63) is 431 Å². The standard InChI is InChI=1S/C25H26O2P.C22H22O2P.C21H28O4.C17H19O3.C17H22O3.C10H12O2.2BrH.2Na.H2O/c1-3-27-25(26)21(2)19-20-28(22-13-7-4-8-14-22,23-15-9-5-10-16-23)24-17-11-6-12-18-24;1-2-24-22(23)18-25(19-12-6-3-7-13-19,20-14-8-4-9-15-20)21-16-10-5-11-17-21;1-6-25-21(23)19(4)13-9-12-17(2)10-7-8-11-18(3)14-15-20(22)16-24-5;1-14(9-6-10-16(3)13-18)7-4-5-8-15(2)11-12-17(19)20;1-5-20-17(19)16(4)12-8-11-14(2)9-6-7-10-15(3)13-18;1-9(7-11)5-3-4-6-10(2)8-12;;;;;/h4-19H,3,20H2,1-2H3;3-17H,2,18H2,1H3;7-15H,6,16H2,1-5H3;4-12H,1-3H3,(H,19,20);6-13H,5H2,1-4H3;3-8H,1-2H3;2*1H;;;1H2/q2*+1;;-1;;;;;2*+1;/p-2/b21-19+;;8-7+,12-9+,15-14+,17-10+,18-11+,19-13+;5-4+,9-6+,12-11+,14-7+,15-8+,16-10+;7-6+,11-8+,14-9+,15-10+,16-12+;4-3+,9-5+,10-6+;;;;;. The summed E-state index contributed by atoms with van der Waals surface area (Å²) in [6.07, 6.45) is 58.4. The number of esters is 4. The number of hydrogen-bond acceptors (Lipinski definition) is 17. The molecule has 0 fully saturated rings. The van der Waals surface area contributed by atoms with Crippen molar-refractivity contribution in [2.45, 2.75) is 111 Å². The fourth-order valence-electron chi connectivity index (χ4n) is 10.9. The van der Waals surface area contributed by atoms with Gasteiger partial charge in [-0.15, -0.1) is 40.0 Å². The van der Waals surface area contributed by atoms with Gasteiger partial charge in [-0.2, -0.15) is 5.57 Å². The Bertz CT molecular complexity index is 5020. The molecule has 17 nitrogen and oxygen atoms in total. The quantitative estimate of drug-likeness (QED) is 0.00504.